The molecule has 0 bridgehead atoms. The summed E-state index contributed by atoms with van der Waals surface area (Å²) in [5, 5.41) is 4.36. The molecule has 1 N–H and O–H groups in total. The average molecular weight is 393 g/mol. The fourth-order valence-corrected chi connectivity index (χ4v) is 2.64. The number of carbonyl (C=O) groups is 1. The second kappa shape index (κ2) is 7.29. The lowest BCUT2D eigenvalue weighted by Gasteiger charge is -2.26. The van der Waals surface area contributed by atoms with Crippen LogP contribution < -0.4 is 10.1 Å². The normalized spacial score (nSPS) is 11.5. The Morgan fingerprint density at radius 3 is 2.53 bits per heavy atom. The fourth-order valence-electron chi connectivity index (χ4n) is 1.43. The molecule has 0 heterocycles. The van der Waals surface area contributed by atoms with Crippen molar-refractivity contribution < 1.29 is 9.53 Å². The van der Waals surface area contributed by atoms with Crippen LogP contribution >= 0.6 is 31.9 Å². The van der Waals surface area contributed by atoms with Crippen molar-refractivity contribution >= 4 is 37.8 Å². The largest absolute Gasteiger partial charge is 0.491 e. The third kappa shape index (κ3) is 5.15. The van der Waals surface area contributed by atoms with E-state index in [1.54, 1.807) is 12.1 Å². The summed E-state index contributed by atoms with van der Waals surface area (Å²) in [5.41, 5.74) is 0.290. The molecule has 0 atom stereocenters. The van der Waals surface area contributed by atoms with E-state index in [9.17, 15) is 4.79 Å². The maximum atomic E-state index is 12.2. The molecule has 0 radical (unpaired) electrons. The van der Waals surface area contributed by atoms with Crippen LogP contribution in [0.5, 0.6) is 5.75 Å². The van der Waals surface area contributed by atoms with Crippen LogP contribution in [-0.2, 0) is 0 Å². The van der Waals surface area contributed by atoms with Gasteiger partial charge >= 0.3 is 0 Å². The Morgan fingerprint density at radius 2 is 2.00 bits per heavy atom. The minimum absolute atomic E-state index is 0.0914. The van der Waals surface area contributed by atoms with E-state index in [-0.39, 0.29) is 17.6 Å². The summed E-state index contributed by atoms with van der Waals surface area (Å²) in [4.78, 5) is 12.2. The van der Waals surface area contributed by atoms with Gasteiger partial charge in [0.25, 0.3) is 5.91 Å². The molecule has 106 valence electrons. The Balaban J connectivity index is 2.82. The van der Waals surface area contributed by atoms with Gasteiger partial charge in [-0.05, 0) is 39.0 Å². The third-order valence-corrected chi connectivity index (χ3v) is 4.95. The third-order valence-electron chi connectivity index (χ3n) is 2.47. The molecule has 0 spiro atoms. The molecule has 0 saturated carbocycles. The molecule has 5 heteroatoms. The van der Waals surface area contributed by atoms with Crippen molar-refractivity contribution in [1.82, 2.24) is 5.32 Å². The zero-order chi connectivity index (χ0) is 14.5. The van der Waals surface area contributed by atoms with E-state index in [4.69, 9.17) is 4.74 Å². The van der Waals surface area contributed by atoms with Crippen molar-refractivity contribution in [3.8, 4) is 5.75 Å². The molecular weight excluding hydrogens is 374 g/mol. The molecule has 0 aliphatic rings. The number of nitrogens with one attached hydrogen (secondary N) is 1. The average Bonchev–Trinajstić information content (AvgIpc) is 2.38. The van der Waals surface area contributed by atoms with Crippen molar-refractivity contribution in [2.24, 2.45) is 0 Å². The van der Waals surface area contributed by atoms with Crippen LogP contribution in [0.4, 0.5) is 0 Å². The van der Waals surface area contributed by atoms with Gasteiger partial charge in [0.2, 0.25) is 0 Å². The van der Waals surface area contributed by atoms with Crippen molar-refractivity contribution in [2.45, 2.75) is 32.4 Å². The highest BCUT2D eigenvalue weighted by Crippen LogP contribution is 2.17. The van der Waals surface area contributed by atoms with Crippen LogP contribution in [0.3, 0.4) is 0 Å². The van der Waals surface area contributed by atoms with Crippen molar-refractivity contribution in [3.05, 3.63) is 29.8 Å². The summed E-state index contributed by atoms with van der Waals surface area (Å²) in [7, 11) is 0. The molecule has 0 aliphatic carbocycles. The van der Waals surface area contributed by atoms with Crippen LogP contribution in [0.25, 0.3) is 0 Å². The van der Waals surface area contributed by atoms with Crippen LogP contribution in [0, 0.1) is 0 Å². The Bertz CT molecular complexity index is 431. The number of carbonyl (C=O) groups excluding carboxylic acids is 1. The lowest BCUT2D eigenvalue weighted by molar-refractivity contribution is 0.0922. The van der Waals surface area contributed by atoms with Gasteiger partial charge in [0.1, 0.15) is 5.75 Å². The quantitative estimate of drug-likeness (QED) is 0.748. The van der Waals surface area contributed by atoms with E-state index in [1.165, 1.54) is 0 Å². The molecule has 19 heavy (non-hydrogen) atoms. The molecule has 1 rings (SSSR count). The van der Waals surface area contributed by atoms with Crippen LogP contribution in [0.15, 0.2) is 24.3 Å². The van der Waals surface area contributed by atoms with Gasteiger partial charge < -0.3 is 10.1 Å². The number of ether oxygens (including phenoxy) is 1. The van der Waals surface area contributed by atoms with E-state index >= 15 is 0 Å². The van der Waals surface area contributed by atoms with E-state index in [1.807, 2.05) is 32.9 Å². The maximum absolute atomic E-state index is 12.2. The van der Waals surface area contributed by atoms with Gasteiger partial charge in [-0.15, -0.1) is 0 Å². The zero-order valence-electron chi connectivity index (χ0n) is 11.4. The predicted molar refractivity (Wildman–Crippen MR) is 85.7 cm³/mol. The summed E-state index contributed by atoms with van der Waals surface area (Å²) >= 11 is 6.82. The first kappa shape index (κ1) is 16.5. The van der Waals surface area contributed by atoms with E-state index in [0.29, 0.717) is 22.0 Å². The molecular formula is C14H19Br2NO2. The van der Waals surface area contributed by atoms with Gasteiger partial charge in [0.15, 0.2) is 0 Å². The Hall–Kier alpha value is -0.550. The van der Waals surface area contributed by atoms with E-state index < -0.39 is 0 Å². The topological polar surface area (TPSA) is 38.3 Å². The monoisotopic (exact) mass is 391 g/mol. The highest BCUT2D eigenvalue weighted by molar-refractivity contribution is 9.09. The second-order valence-electron chi connectivity index (χ2n) is 4.98. The Morgan fingerprint density at radius 1 is 1.37 bits per heavy atom. The molecule has 1 amide bonds. The lowest BCUT2D eigenvalue weighted by Crippen LogP contribution is -2.48. The molecule has 3 nitrogen and oxygen atoms in total. The summed E-state index contributed by atoms with van der Waals surface area (Å²) in [6.45, 7) is 5.89. The summed E-state index contributed by atoms with van der Waals surface area (Å²) < 4.78 is 5.59. The Labute approximate surface area is 131 Å². The number of amides is 1. The van der Waals surface area contributed by atoms with Gasteiger partial charge in [0, 0.05) is 16.2 Å². The van der Waals surface area contributed by atoms with Gasteiger partial charge in [-0.1, -0.05) is 37.9 Å². The highest BCUT2D eigenvalue weighted by atomic mass is 79.9. The molecule has 0 unspecified atom stereocenters. The first-order chi connectivity index (χ1) is 8.90. The highest BCUT2D eigenvalue weighted by Gasteiger charge is 2.24. The number of rotatable bonds is 6. The van der Waals surface area contributed by atoms with E-state index in [2.05, 4.69) is 37.2 Å². The summed E-state index contributed by atoms with van der Waals surface area (Å²) in [5.74, 6) is 0.609. The minimum Gasteiger partial charge on any atom is -0.491 e. The van der Waals surface area contributed by atoms with Gasteiger partial charge in [0.05, 0.1) is 11.6 Å². The van der Waals surface area contributed by atoms with Crippen molar-refractivity contribution in [1.29, 1.82) is 0 Å². The van der Waals surface area contributed by atoms with E-state index in [0.717, 1.165) is 0 Å². The number of hydrogen-bond donors (Lipinski definition) is 1. The van der Waals surface area contributed by atoms with Gasteiger partial charge in [-0.2, -0.15) is 0 Å². The molecule has 0 aromatic heterocycles. The summed E-state index contributed by atoms with van der Waals surface area (Å²) in [6, 6.07) is 7.22. The molecule has 0 fully saturated rings. The molecule has 0 saturated heterocycles. The first-order valence-corrected chi connectivity index (χ1v) is 8.35. The SMILES string of the molecule is CC(C)Oc1cccc(C(=O)NC(C)(CBr)CBr)c1. The fraction of sp³-hybridized carbons (Fsp3) is 0.500. The lowest BCUT2D eigenvalue weighted by atomic mass is 10.1. The molecule has 1 aromatic rings. The molecule has 1 aromatic carbocycles. The van der Waals surface area contributed by atoms with Crippen LogP contribution in [0.2, 0.25) is 0 Å². The predicted octanol–water partition coefficient (Wildman–Crippen LogP) is 3.75. The smallest absolute Gasteiger partial charge is 0.251 e. The first-order valence-electron chi connectivity index (χ1n) is 6.11. The van der Waals surface area contributed by atoms with Gasteiger partial charge in [-0.25, -0.2) is 0 Å². The standard InChI is InChI=1S/C14H19Br2NO2/c1-10(2)19-12-6-4-5-11(7-12)13(18)17-14(3,8-15)9-16/h4-7,10H,8-9H2,1-3H3,(H,17,18). The molecule has 0 aliphatic heterocycles. The number of hydrogen-bond acceptors (Lipinski definition) is 2. The maximum Gasteiger partial charge on any atom is 0.251 e. The minimum atomic E-state index is -0.313. The van der Waals surface area contributed by atoms with Crippen LogP contribution in [0.1, 0.15) is 31.1 Å². The van der Waals surface area contributed by atoms with Crippen LogP contribution in [-0.4, -0.2) is 28.2 Å². The Kier molecular flexibility index (Phi) is 6.33. The number of benzene rings is 1. The number of halogens is 2. The number of alkyl halides is 2. The van der Waals surface area contributed by atoms with Crippen molar-refractivity contribution in [3.63, 3.8) is 0 Å². The summed E-state index contributed by atoms with van der Waals surface area (Å²) in [6.07, 6.45) is 0.0914. The zero-order valence-corrected chi connectivity index (χ0v) is 14.5. The van der Waals surface area contributed by atoms with Gasteiger partial charge in [-0.3, -0.25) is 4.79 Å². The van der Waals surface area contributed by atoms with Crippen molar-refractivity contribution in [2.75, 3.05) is 10.7 Å². The second-order valence-corrected chi connectivity index (χ2v) is 6.10.